The topological polar surface area (TPSA) is 70.3 Å². The molecule has 1 unspecified atom stereocenters. The first-order valence-corrected chi connectivity index (χ1v) is 12.8. The zero-order valence-electron chi connectivity index (χ0n) is 21.5. The van der Waals surface area contributed by atoms with Crippen molar-refractivity contribution in [1.82, 2.24) is 14.8 Å². The van der Waals surface area contributed by atoms with Gasteiger partial charge in [-0.25, -0.2) is 4.79 Å². The normalized spacial score (nSPS) is 15.9. The molecule has 6 nitrogen and oxygen atoms in total. The highest BCUT2D eigenvalue weighted by Gasteiger charge is 2.44. The van der Waals surface area contributed by atoms with Crippen LogP contribution in [0.2, 0.25) is 5.02 Å². The number of hydrogen-bond acceptors (Lipinski definition) is 4. The molecule has 1 fully saturated rings. The Morgan fingerprint density at radius 1 is 1.16 bits per heavy atom. The molecule has 0 radical (unpaired) electrons. The van der Waals surface area contributed by atoms with Crippen LogP contribution < -0.4 is 5.32 Å². The first-order valence-electron chi connectivity index (χ1n) is 12.4. The summed E-state index contributed by atoms with van der Waals surface area (Å²) in [6.07, 6.45) is -2.76. The van der Waals surface area contributed by atoms with Gasteiger partial charge in [0.1, 0.15) is 11.6 Å². The molecule has 2 heterocycles. The van der Waals surface area contributed by atoms with Gasteiger partial charge < -0.3 is 14.2 Å². The second-order valence-corrected chi connectivity index (χ2v) is 11.0. The van der Waals surface area contributed by atoms with Gasteiger partial charge in [-0.1, -0.05) is 29.8 Å². The Bertz CT molecular complexity index is 1330. The fraction of sp³-hybridized carbons (Fsp3) is 0.429. The molecule has 1 aliphatic rings. The summed E-state index contributed by atoms with van der Waals surface area (Å²) >= 11 is 5.99. The maximum Gasteiger partial charge on any atom is 0.410 e. The van der Waals surface area contributed by atoms with Gasteiger partial charge in [0.2, 0.25) is 0 Å². The molecule has 1 saturated heterocycles. The maximum absolute atomic E-state index is 14.5. The number of ether oxygens (including phenoxy) is 1. The van der Waals surface area contributed by atoms with Gasteiger partial charge in [-0.15, -0.1) is 0 Å². The Kier molecular flexibility index (Phi) is 7.96. The van der Waals surface area contributed by atoms with Crippen molar-refractivity contribution >= 4 is 28.6 Å². The maximum atomic E-state index is 14.5. The molecule has 1 N–H and O–H groups in total. The van der Waals surface area contributed by atoms with Crippen LogP contribution in [0.1, 0.15) is 56.3 Å². The second kappa shape index (κ2) is 10.9. The SMILES string of the molecule is CC(C)(C)OC(=O)N1CCC(NC(c2cn(Cc3ccc(Cl)cc3)c3cc(C#N)ccc23)C(F)(F)F)CC1. The van der Waals surface area contributed by atoms with Crippen LogP contribution in [-0.4, -0.2) is 46.5 Å². The summed E-state index contributed by atoms with van der Waals surface area (Å²) in [5, 5.41) is 13.2. The number of aromatic nitrogens is 1. The van der Waals surface area contributed by atoms with Gasteiger partial charge in [0, 0.05) is 53.4 Å². The Morgan fingerprint density at radius 3 is 2.39 bits per heavy atom. The molecule has 0 saturated carbocycles. The summed E-state index contributed by atoms with van der Waals surface area (Å²) in [6.45, 7) is 6.26. The van der Waals surface area contributed by atoms with Crippen molar-refractivity contribution in [1.29, 1.82) is 5.26 Å². The molecular weight excluding hydrogens is 517 g/mol. The van der Waals surface area contributed by atoms with Crippen molar-refractivity contribution in [3.63, 3.8) is 0 Å². The van der Waals surface area contributed by atoms with Gasteiger partial charge in [0.05, 0.1) is 11.6 Å². The van der Waals surface area contributed by atoms with Crippen molar-refractivity contribution in [3.8, 4) is 6.07 Å². The van der Waals surface area contributed by atoms with Crippen molar-refractivity contribution in [2.24, 2.45) is 0 Å². The van der Waals surface area contributed by atoms with Gasteiger partial charge in [-0.05, 0) is 63.4 Å². The molecule has 2 aromatic carbocycles. The minimum absolute atomic E-state index is 0.0977. The number of fused-ring (bicyclic) bond motifs is 1. The molecule has 1 aromatic heterocycles. The number of carbonyl (C=O) groups excluding carboxylic acids is 1. The Morgan fingerprint density at radius 2 is 1.82 bits per heavy atom. The van der Waals surface area contributed by atoms with E-state index in [1.54, 1.807) is 49.6 Å². The number of piperidine rings is 1. The van der Waals surface area contributed by atoms with E-state index in [0.717, 1.165) is 5.56 Å². The number of rotatable bonds is 5. The van der Waals surface area contributed by atoms with E-state index >= 15 is 0 Å². The molecular formula is C28H30ClF3N4O2. The highest BCUT2D eigenvalue weighted by molar-refractivity contribution is 6.30. The highest BCUT2D eigenvalue weighted by atomic mass is 35.5. The number of halogens is 4. The quantitative estimate of drug-likeness (QED) is 0.382. The predicted molar refractivity (Wildman–Crippen MR) is 140 cm³/mol. The van der Waals surface area contributed by atoms with Crippen LogP contribution in [-0.2, 0) is 11.3 Å². The predicted octanol–water partition coefficient (Wildman–Crippen LogP) is 6.81. The van der Waals surface area contributed by atoms with E-state index in [9.17, 15) is 23.2 Å². The smallest absolute Gasteiger partial charge is 0.410 e. The molecule has 0 bridgehead atoms. The lowest BCUT2D eigenvalue weighted by Crippen LogP contribution is -2.49. The average Bonchev–Trinajstić information content (AvgIpc) is 3.19. The molecule has 4 rings (SSSR count). The van der Waals surface area contributed by atoms with Crippen LogP contribution in [0.15, 0.2) is 48.7 Å². The summed E-state index contributed by atoms with van der Waals surface area (Å²) in [4.78, 5) is 13.9. The Labute approximate surface area is 224 Å². The minimum Gasteiger partial charge on any atom is -0.444 e. The van der Waals surface area contributed by atoms with Gasteiger partial charge in [0.25, 0.3) is 0 Å². The summed E-state index contributed by atoms with van der Waals surface area (Å²) in [5.74, 6) is 0. The van der Waals surface area contributed by atoms with Crippen molar-refractivity contribution < 1.29 is 22.7 Å². The van der Waals surface area contributed by atoms with Crippen LogP contribution in [0.5, 0.6) is 0 Å². The van der Waals surface area contributed by atoms with Crippen molar-refractivity contribution in [3.05, 3.63) is 70.4 Å². The molecule has 202 valence electrons. The van der Waals surface area contributed by atoms with Gasteiger partial charge in [0.15, 0.2) is 0 Å². The van der Waals surface area contributed by atoms with Crippen LogP contribution in [0.25, 0.3) is 10.9 Å². The lowest BCUT2D eigenvalue weighted by molar-refractivity contribution is -0.160. The number of likely N-dealkylation sites (tertiary alicyclic amines) is 1. The van der Waals surface area contributed by atoms with E-state index in [0.29, 0.717) is 54.0 Å². The monoisotopic (exact) mass is 546 g/mol. The number of benzene rings is 2. The summed E-state index contributed by atoms with van der Waals surface area (Å²) in [6, 6.07) is 11.5. The number of nitriles is 1. The lowest BCUT2D eigenvalue weighted by atomic mass is 9.99. The zero-order valence-corrected chi connectivity index (χ0v) is 22.2. The molecule has 3 aromatic rings. The number of amides is 1. The fourth-order valence-corrected chi connectivity index (χ4v) is 4.81. The molecule has 1 atom stereocenters. The molecule has 1 amide bonds. The number of nitrogens with one attached hydrogen (secondary N) is 1. The molecule has 0 spiro atoms. The van der Waals surface area contributed by atoms with Crippen LogP contribution in [0.4, 0.5) is 18.0 Å². The summed E-state index contributed by atoms with van der Waals surface area (Å²) in [7, 11) is 0. The largest absolute Gasteiger partial charge is 0.444 e. The fourth-order valence-electron chi connectivity index (χ4n) is 4.69. The number of hydrogen-bond donors (Lipinski definition) is 1. The summed E-state index contributed by atoms with van der Waals surface area (Å²) in [5.41, 5.74) is 1.24. The standard InChI is InChI=1S/C28H30ClF3N4O2/c1-27(2,3)38-26(37)35-12-10-21(11-13-35)34-25(28(30,31)32)23-17-36(16-18-4-7-20(29)8-5-18)24-14-19(15-33)6-9-22(23)24/h4-9,14,17,21,25,34H,10-13,16H2,1-3H3. The first-order chi connectivity index (χ1) is 17.8. The number of nitrogens with zero attached hydrogens (tertiary/aromatic N) is 3. The molecule has 0 aliphatic carbocycles. The van der Waals surface area contributed by atoms with Crippen molar-refractivity contribution in [2.45, 2.75) is 64.0 Å². The number of alkyl halides is 3. The summed E-state index contributed by atoms with van der Waals surface area (Å²) < 4.78 is 50.6. The Balaban J connectivity index is 1.60. The van der Waals surface area contributed by atoms with E-state index < -0.39 is 30.0 Å². The number of carbonyl (C=O) groups is 1. The van der Waals surface area contributed by atoms with Crippen LogP contribution in [0.3, 0.4) is 0 Å². The third kappa shape index (κ3) is 6.61. The van der Waals surface area contributed by atoms with Crippen molar-refractivity contribution in [2.75, 3.05) is 13.1 Å². The average molecular weight is 547 g/mol. The molecule has 10 heteroatoms. The highest BCUT2D eigenvalue weighted by Crippen LogP contribution is 2.39. The van der Waals surface area contributed by atoms with Crippen LogP contribution >= 0.6 is 11.6 Å². The van der Waals surface area contributed by atoms with E-state index in [4.69, 9.17) is 16.3 Å². The zero-order chi connectivity index (χ0) is 27.7. The Hall–Kier alpha value is -3.22. The lowest BCUT2D eigenvalue weighted by Gasteiger charge is -2.35. The van der Waals surface area contributed by atoms with E-state index in [1.807, 2.05) is 12.1 Å². The van der Waals surface area contributed by atoms with E-state index in [-0.39, 0.29) is 5.56 Å². The van der Waals surface area contributed by atoms with E-state index in [1.165, 1.54) is 17.2 Å². The molecule has 38 heavy (non-hydrogen) atoms. The third-order valence-corrected chi connectivity index (χ3v) is 6.75. The first kappa shape index (κ1) is 27.8. The second-order valence-electron chi connectivity index (χ2n) is 10.6. The van der Waals surface area contributed by atoms with Gasteiger partial charge in [-0.2, -0.15) is 18.4 Å². The van der Waals surface area contributed by atoms with Crippen LogP contribution in [0, 0.1) is 11.3 Å². The van der Waals surface area contributed by atoms with Gasteiger partial charge >= 0.3 is 12.3 Å². The molecule has 1 aliphatic heterocycles. The minimum atomic E-state index is -4.56. The van der Waals surface area contributed by atoms with E-state index in [2.05, 4.69) is 11.4 Å². The third-order valence-electron chi connectivity index (χ3n) is 6.50. The van der Waals surface area contributed by atoms with Gasteiger partial charge in [-0.3, -0.25) is 5.32 Å².